The van der Waals surface area contributed by atoms with Crippen LogP contribution in [0.15, 0.2) is 0 Å². The van der Waals surface area contributed by atoms with Crippen LogP contribution >= 0.6 is 0 Å². The van der Waals surface area contributed by atoms with E-state index in [1.54, 1.807) is 0 Å². The second kappa shape index (κ2) is 15.1. The van der Waals surface area contributed by atoms with Crippen LogP contribution in [-0.4, -0.2) is 35.7 Å². The molecule has 0 aromatic carbocycles. The minimum absolute atomic E-state index is 0.0349. The van der Waals surface area contributed by atoms with Crippen molar-refractivity contribution in [1.82, 2.24) is 0 Å². The van der Waals surface area contributed by atoms with Crippen LogP contribution in [0.4, 0.5) is 0 Å². The summed E-state index contributed by atoms with van der Waals surface area (Å²) in [4.78, 5) is 45.1. The number of carboxylic acids is 1. The molecule has 4 atom stereocenters. The second-order valence-electron chi connectivity index (χ2n) is 9.11. The van der Waals surface area contributed by atoms with E-state index in [2.05, 4.69) is 18.6 Å². The van der Waals surface area contributed by atoms with E-state index in [4.69, 9.17) is 5.11 Å². The molecule has 2 saturated carbocycles. The van der Waals surface area contributed by atoms with Crippen LogP contribution in [0.3, 0.4) is 0 Å². The molecule has 0 amide bonds. The summed E-state index contributed by atoms with van der Waals surface area (Å²) in [6.07, 6.45) is 12.1. The van der Waals surface area contributed by atoms with Crippen molar-refractivity contribution in [3.05, 3.63) is 0 Å². The van der Waals surface area contributed by atoms with Gasteiger partial charge >= 0.3 is 11.9 Å². The molecule has 0 aromatic heterocycles. The minimum Gasteiger partial charge on any atom is -0.481 e. The molecular weight excluding hydrogens is 396 g/mol. The molecule has 2 aliphatic rings. The Morgan fingerprint density at radius 1 is 0.839 bits per heavy atom. The Hall–Kier alpha value is -1.72. The fourth-order valence-electron chi connectivity index (χ4n) is 4.99. The molecule has 2 fully saturated rings. The van der Waals surface area contributed by atoms with Gasteiger partial charge < -0.3 is 9.84 Å². The number of hydrogen-bond donors (Lipinski definition) is 1. The van der Waals surface area contributed by atoms with Crippen LogP contribution in [0.25, 0.3) is 0 Å². The van der Waals surface area contributed by atoms with E-state index in [1.165, 1.54) is 20.0 Å². The number of ether oxygens (including phenoxy) is 1. The summed E-state index contributed by atoms with van der Waals surface area (Å²) in [5.74, 6) is 0.180. The molecule has 0 aliphatic heterocycles. The normalized spacial score (nSPS) is 25.3. The van der Waals surface area contributed by atoms with Crippen molar-refractivity contribution in [1.29, 1.82) is 0 Å². The Bertz CT molecular complexity index is 585. The number of unbranched alkanes of at least 4 members (excludes halogenated alkanes) is 4. The van der Waals surface area contributed by atoms with Gasteiger partial charge in [-0.25, -0.2) is 0 Å². The number of esters is 1. The van der Waals surface area contributed by atoms with Gasteiger partial charge in [-0.3, -0.25) is 19.2 Å². The fraction of sp³-hybridized carbons (Fsp3) is 0.840. The molecule has 178 valence electrons. The van der Waals surface area contributed by atoms with Gasteiger partial charge in [0.15, 0.2) is 0 Å². The largest absolute Gasteiger partial charge is 0.481 e. The van der Waals surface area contributed by atoms with E-state index in [-0.39, 0.29) is 41.8 Å². The van der Waals surface area contributed by atoms with Gasteiger partial charge in [0.05, 0.1) is 7.11 Å². The van der Waals surface area contributed by atoms with Crippen molar-refractivity contribution in [2.75, 3.05) is 7.11 Å². The first-order valence-electron chi connectivity index (χ1n) is 12.2. The van der Waals surface area contributed by atoms with Crippen LogP contribution in [0.1, 0.15) is 104 Å². The Morgan fingerprint density at radius 3 is 1.68 bits per heavy atom. The Morgan fingerprint density at radius 2 is 1.29 bits per heavy atom. The summed E-state index contributed by atoms with van der Waals surface area (Å²) >= 11 is 0. The van der Waals surface area contributed by atoms with Gasteiger partial charge in [-0.15, -0.1) is 0 Å². The zero-order valence-corrected chi connectivity index (χ0v) is 19.7. The van der Waals surface area contributed by atoms with Gasteiger partial charge in [0, 0.05) is 37.5 Å². The quantitative estimate of drug-likeness (QED) is 0.325. The van der Waals surface area contributed by atoms with E-state index in [1.807, 2.05) is 0 Å². The first kappa shape index (κ1) is 27.3. The van der Waals surface area contributed by atoms with E-state index in [0.717, 1.165) is 51.4 Å². The van der Waals surface area contributed by atoms with Crippen LogP contribution in [-0.2, 0) is 23.9 Å². The van der Waals surface area contributed by atoms with Crippen molar-refractivity contribution < 1.29 is 29.0 Å². The molecule has 2 rings (SSSR count). The number of hydrogen-bond acceptors (Lipinski definition) is 5. The molecule has 0 aromatic rings. The van der Waals surface area contributed by atoms with Crippen molar-refractivity contribution in [2.45, 2.75) is 104 Å². The maximum atomic E-state index is 11.7. The van der Waals surface area contributed by atoms with Crippen molar-refractivity contribution in [2.24, 2.45) is 23.7 Å². The van der Waals surface area contributed by atoms with Crippen LogP contribution in [0.5, 0.6) is 0 Å². The highest BCUT2D eigenvalue weighted by Gasteiger charge is 2.36. The molecule has 0 bridgehead atoms. The number of Topliss-reactive ketones (excluding diaryl/α,β-unsaturated/α-hetero) is 2. The predicted molar refractivity (Wildman–Crippen MR) is 120 cm³/mol. The topological polar surface area (TPSA) is 97.7 Å². The molecule has 6 nitrogen and oxygen atoms in total. The third-order valence-corrected chi connectivity index (χ3v) is 6.82. The Balaban J connectivity index is 0.000000311. The summed E-state index contributed by atoms with van der Waals surface area (Å²) in [5, 5.41) is 8.74. The smallest absolute Gasteiger partial charge is 0.305 e. The molecule has 6 heteroatoms. The number of carboxylic acid groups (broad SMARTS) is 1. The average Bonchev–Trinajstić information content (AvgIpc) is 3.25. The highest BCUT2D eigenvalue weighted by Crippen LogP contribution is 2.36. The maximum Gasteiger partial charge on any atom is 0.305 e. The standard InChI is InChI=1S/C13H22O3.C12H20O3/c1-3-4-5-6-11-10(7-8-12(11)14)9-13(15)16-2;1-2-3-4-5-10-9(8-12(14)15)6-7-11(10)13/h10-11H,3-9H2,1-2H3;9-10H,2-8H2,1H3,(H,14,15). The number of carbonyl (C=O) groups excluding carboxylic acids is 3. The van der Waals surface area contributed by atoms with Gasteiger partial charge in [0.2, 0.25) is 0 Å². The molecule has 0 radical (unpaired) electrons. The third kappa shape index (κ3) is 9.96. The first-order chi connectivity index (χ1) is 14.8. The predicted octanol–water partition coefficient (Wildman–Crippen LogP) is 5.36. The maximum absolute atomic E-state index is 11.7. The van der Waals surface area contributed by atoms with Gasteiger partial charge in [-0.1, -0.05) is 52.4 Å². The van der Waals surface area contributed by atoms with Crippen molar-refractivity contribution >= 4 is 23.5 Å². The Kier molecular flexibility index (Phi) is 13.3. The van der Waals surface area contributed by atoms with Crippen LogP contribution in [0, 0.1) is 23.7 Å². The van der Waals surface area contributed by atoms with Crippen LogP contribution < -0.4 is 0 Å². The molecule has 4 unspecified atom stereocenters. The average molecular weight is 439 g/mol. The third-order valence-electron chi connectivity index (χ3n) is 6.82. The monoisotopic (exact) mass is 438 g/mol. The van der Waals surface area contributed by atoms with E-state index >= 15 is 0 Å². The van der Waals surface area contributed by atoms with E-state index in [0.29, 0.717) is 25.0 Å². The summed E-state index contributed by atoms with van der Waals surface area (Å²) in [6.45, 7) is 4.29. The van der Waals surface area contributed by atoms with Crippen molar-refractivity contribution in [3.63, 3.8) is 0 Å². The van der Waals surface area contributed by atoms with E-state index < -0.39 is 5.97 Å². The molecule has 2 aliphatic carbocycles. The second-order valence-corrected chi connectivity index (χ2v) is 9.11. The first-order valence-corrected chi connectivity index (χ1v) is 12.2. The highest BCUT2D eigenvalue weighted by atomic mass is 16.5. The summed E-state index contributed by atoms with van der Waals surface area (Å²) in [7, 11) is 1.41. The van der Waals surface area contributed by atoms with Crippen LogP contribution in [0.2, 0.25) is 0 Å². The van der Waals surface area contributed by atoms with E-state index in [9.17, 15) is 19.2 Å². The molecule has 0 saturated heterocycles. The number of rotatable bonds is 12. The van der Waals surface area contributed by atoms with Gasteiger partial charge in [-0.05, 0) is 37.5 Å². The lowest BCUT2D eigenvalue weighted by Gasteiger charge is -2.16. The highest BCUT2D eigenvalue weighted by molar-refractivity contribution is 5.85. The summed E-state index contributed by atoms with van der Waals surface area (Å²) < 4.78 is 4.67. The molecule has 1 N–H and O–H groups in total. The zero-order valence-electron chi connectivity index (χ0n) is 19.7. The summed E-state index contributed by atoms with van der Waals surface area (Å²) in [6, 6.07) is 0. The molecule has 31 heavy (non-hydrogen) atoms. The lowest BCUT2D eigenvalue weighted by atomic mass is 9.88. The number of ketones is 2. The molecular formula is C25H42O6. The molecule has 0 heterocycles. The molecule has 0 spiro atoms. The van der Waals surface area contributed by atoms with Gasteiger partial charge in [0.1, 0.15) is 11.6 Å². The Labute approximate surface area is 187 Å². The minimum atomic E-state index is -0.768. The number of aliphatic carboxylic acids is 1. The van der Waals surface area contributed by atoms with Gasteiger partial charge in [-0.2, -0.15) is 0 Å². The van der Waals surface area contributed by atoms with Gasteiger partial charge in [0.25, 0.3) is 0 Å². The fourth-order valence-corrected chi connectivity index (χ4v) is 4.99. The lowest BCUT2D eigenvalue weighted by Crippen LogP contribution is -2.18. The number of carbonyl (C=O) groups is 4. The lowest BCUT2D eigenvalue weighted by molar-refractivity contribution is -0.142. The zero-order chi connectivity index (χ0) is 23.2. The SMILES string of the molecule is CCCCCC1C(=O)CCC1CC(=O)O.CCCCCC1C(=O)CCC1CC(=O)OC. The summed E-state index contributed by atoms with van der Waals surface area (Å²) in [5.41, 5.74) is 0. The van der Waals surface area contributed by atoms with Crippen molar-refractivity contribution in [3.8, 4) is 0 Å². The number of methoxy groups -OCH3 is 1.